The van der Waals surface area contributed by atoms with Crippen LogP contribution in [0, 0.1) is 11.3 Å². The second-order valence-corrected chi connectivity index (χ2v) is 5.71. The van der Waals surface area contributed by atoms with E-state index in [1.807, 2.05) is 0 Å². The van der Waals surface area contributed by atoms with Crippen molar-refractivity contribution in [2.24, 2.45) is 17.1 Å². The Hall–Kier alpha value is -0.625. The van der Waals surface area contributed by atoms with Crippen molar-refractivity contribution < 1.29 is 19.5 Å². The third kappa shape index (κ3) is 3.10. The number of hydrogen-bond acceptors (Lipinski definition) is 5. The van der Waals surface area contributed by atoms with Gasteiger partial charge in [0.1, 0.15) is 0 Å². The molecule has 4 unspecified atom stereocenters. The molecule has 4 atom stereocenters. The third-order valence-electron chi connectivity index (χ3n) is 4.67. The van der Waals surface area contributed by atoms with Gasteiger partial charge in [0.2, 0.25) is 5.91 Å². The quantitative estimate of drug-likeness (QED) is 0.512. The third-order valence-corrected chi connectivity index (χ3v) is 4.67. The molecule has 1 aliphatic carbocycles. The van der Waals surface area contributed by atoms with Crippen molar-refractivity contribution in [1.29, 1.82) is 0 Å². The van der Waals surface area contributed by atoms with Crippen molar-refractivity contribution >= 4 is 13.2 Å². The molecule has 2 aliphatic heterocycles. The lowest BCUT2D eigenvalue weighted by Crippen LogP contribution is -2.43. The van der Waals surface area contributed by atoms with Gasteiger partial charge in [-0.05, 0) is 44.4 Å². The van der Waals surface area contributed by atoms with Gasteiger partial charge in [-0.25, -0.2) is 0 Å². The number of rotatable bonds is 3. The van der Waals surface area contributed by atoms with E-state index in [1.165, 1.54) is 25.7 Å². The Morgan fingerprint density at radius 1 is 1.47 bits per heavy atom. The molecule has 3 rings (SSSR count). The van der Waals surface area contributed by atoms with Crippen molar-refractivity contribution in [2.75, 3.05) is 6.61 Å². The Labute approximate surface area is 113 Å². The molecule has 0 aromatic heterocycles. The van der Waals surface area contributed by atoms with Crippen LogP contribution in [0.1, 0.15) is 39.0 Å². The summed E-state index contributed by atoms with van der Waals surface area (Å²) in [5.41, 5.74) is 5.66. The van der Waals surface area contributed by atoms with Gasteiger partial charge in [-0.2, -0.15) is 0 Å². The summed E-state index contributed by atoms with van der Waals surface area (Å²) < 4.78 is 4.15. The number of carbonyl (C=O) groups excluding carboxylic acids is 1. The first-order valence-electron chi connectivity index (χ1n) is 7.02. The molecule has 5 N–H and O–H groups in total. The number of nitrogens with two attached hydrogens (primary N) is 1. The molecule has 0 aromatic carbocycles. The van der Waals surface area contributed by atoms with Crippen molar-refractivity contribution in [3.05, 3.63) is 0 Å². The first kappa shape index (κ1) is 14.8. The maximum absolute atomic E-state index is 11.1. The first-order valence-corrected chi connectivity index (χ1v) is 7.02. The van der Waals surface area contributed by atoms with Crippen molar-refractivity contribution in [3.8, 4) is 0 Å². The van der Waals surface area contributed by atoms with Crippen LogP contribution in [-0.4, -0.2) is 42.0 Å². The highest BCUT2D eigenvalue weighted by Crippen LogP contribution is 2.62. The molecule has 1 saturated carbocycles. The summed E-state index contributed by atoms with van der Waals surface area (Å²) in [6.45, 7) is 2.01. The summed E-state index contributed by atoms with van der Waals surface area (Å²) in [4.78, 5) is 11.1. The molecule has 0 aromatic rings. The number of amides is 1. The molecule has 0 radical (unpaired) electrons. The molecule has 1 spiro atoms. The topological polar surface area (TPSA) is 105 Å². The average molecular weight is 270 g/mol. The Morgan fingerprint density at radius 2 is 2.21 bits per heavy atom. The SMILES string of the molecule is CCOB(O)O.NC(=O)C1CC12CCC1CCC2N1. The molecule has 7 heteroatoms. The number of nitrogens with one attached hydrogen (secondary N) is 1. The minimum Gasteiger partial charge on any atom is -0.402 e. The zero-order chi connectivity index (χ0) is 14.0. The van der Waals surface area contributed by atoms with Crippen LogP contribution in [0.5, 0.6) is 0 Å². The van der Waals surface area contributed by atoms with Crippen LogP contribution in [-0.2, 0) is 9.45 Å². The number of piperidine rings is 1. The molecule has 3 fully saturated rings. The van der Waals surface area contributed by atoms with E-state index in [-0.39, 0.29) is 11.8 Å². The monoisotopic (exact) mass is 270 g/mol. The minimum absolute atomic E-state index is 0.0767. The minimum atomic E-state index is -1.60. The van der Waals surface area contributed by atoms with Crippen LogP contribution in [0.3, 0.4) is 0 Å². The molecule has 1 amide bonds. The summed E-state index contributed by atoms with van der Waals surface area (Å²) in [6, 6.07) is 1.34. The van der Waals surface area contributed by atoms with Crippen molar-refractivity contribution in [2.45, 2.75) is 51.1 Å². The maximum Gasteiger partial charge on any atom is 0.633 e. The van der Waals surface area contributed by atoms with Crippen LogP contribution >= 0.6 is 0 Å². The highest BCUT2D eigenvalue weighted by Gasteiger charge is 2.64. The van der Waals surface area contributed by atoms with Gasteiger partial charge in [-0.1, -0.05) is 0 Å². The van der Waals surface area contributed by atoms with E-state index >= 15 is 0 Å². The molecule has 108 valence electrons. The average Bonchev–Trinajstić information content (AvgIpc) is 2.93. The number of carbonyl (C=O) groups is 1. The summed E-state index contributed by atoms with van der Waals surface area (Å²) in [7, 11) is -1.60. The van der Waals surface area contributed by atoms with Gasteiger partial charge in [-0.3, -0.25) is 4.79 Å². The van der Waals surface area contributed by atoms with Gasteiger partial charge < -0.3 is 25.8 Å². The zero-order valence-electron chi connectivity index (χ0n) is 11.3. The van der Waals surface area contributed by atoms with Gasteiger partial charge in [0.15, 0.2) is 0 Å². The lowest BCUT2D eigenvalue weighted by atomic mass is 9.86. The van der Waals surface area contributed by atoms with Crippen LogP contribution in [0.4, 0.5) is 0 Å². The summed E-state index contributed by atoms with van der Waals surface area (Å²) in [5, 5.41) is 19.4. The Bertz CT molecular complexity index is 342. The van der Waals surface area contributed by atoms with Crippen LogP contribution in [0.25, 0.3) is 0 Å². The fourth-order valence-corrected chi connectivity index (χ4v) is 3.63. The Morgan fingerprint density at radius 3 is 2.68 bits per heavy atom. The predicted molar refractivity (Wildman–Crippen MR) is 70.7 cm³/mol. The van der Waals surface area contributed by atoms with Crippen LogP contribution < -0.4 is 11.1 Å². The van der Waals surface area contributed by atoms with E-state index in [4.69, 9.17) is 15.8 Å². The Balaban J connectivity index is 0.000000192. The van der Waals surface area contributed by atoms with Crippen molar-refractivity contribution in [3.63, 3.8) is 0 Å². The summed E-state index contributed by atoms with van der Waals surface area (Å²) >= 11 is 0. The number of primary amides is 1. The molecule has 2 saturated heterocycles. The largest absolute Gasteiger partial charge is 0.633 e. The van der Waals surface area contributed by atoms with E-state index < -0.39 is 7.32 Å². The van der Waals surface area contributed by atoms with E-state index in [9.17, 15) is 4.79 Å². The molecule has 2 heterocycles. The maximum atomic E-state index is 11.1. The molecule has 6 nitrogen and oxygen atoms in total. The predicted octanol–water partition coefficient (Wildman–Crippen LogP) is -0.615. The molecule has 3 aliphatic rings. The lowest BCUT2D eigenvalue weighted by molar-refractivity contribution is -0.120. The zero-order valence-corrected chi connectivity index (χ0v) is 11.3. The van der Waals surface area contributed by atoms with Gasteiger partial charge in [-0.15, -0.1) is 0 Å². The van der Waals surface area contributed by atoms with Gasteiger partial charge in [0, 0.05) is 24.6 Å². The normalized spacial score (nSPS) is 38.6. The van der Waals surface area contributed by atoms with Gasteiger partial charge in [0.25, 0.3) is 0 Å². The van der Waals surface area contributed by atoms with Gasteiger partial charge in [0.05, 0.1) is 0 Å². The smallest absolute Gasteiger partial charge is 0.402 e. The Kier molecular flexibility index (Phi) is 4.50. The number of fused-ring (bicyclic) bond motifs is 3. The fourth-order valence-electron chi connectivity index (χ4n) is 3.63. The highest BCUT2D eigenvalue weighted by atomic mass is 16.6. The second-order valence-electron chi connectivity index (χ2n) is 5.71. The highest BCUT2D eigenvalue weighted by molar-refractivity contribution is 6.32. The summed E-state index contributed by atoms with van der Waals surface area (Å²) in [5.74, 6) is 0.108. The second kappa shape index (κ2) is 5.79. The van der Waals surface area contributed by atoms with Gasteiger partial charge >= 0.3 is 7.32 Å². The van der Waals surface area contributed by atoms with Crippen LogP contribution in [0.2, 0.25) is 0 Å². The molecular weight excluding hydrogens is 247 g/mol. The lowest BCUT2D eigenvalue weighted by Gasteiger charge is -2.31. The van der Waals surface area contributed by atoms with E-state index in [0.717, 1.165) is 12.5 Å². The van der Waals surface area contributed by atoms with E-state index in [1.54, 1.807) is 6.92 Å². The summed E-state index contributed by atoms with van der Waals surface area (Å²) in [6.07, 6.45) is 6.09. The molecule has 2 bridgehead atoms. The van der Waals surface area contributed by atoms with Crippen LogP contribution in [0.15, 0.2) is 0 Å². The molecular formula is C12H23BN2O4. The van der Waals surface area contributed by atoms with E-state index in [0.29, 0.717) is 18.1 Å². The standard InChI is InChI=1S/C10H16N2O.C2H7BO3/c11-9(13)7-5-10(7)4-3-6-1-2-8(10)12-6;1-2-6-3(4)5/h6-8,12H,1-5H2,(H2,11,13);4-5H,2H2,1H3. The fraction of sp³-hybridized carbons (Fsp3) is 0.917. The van der Waals surface area contributed by atoms with Crippen molar-refractivity contribution in [1.82, 2.24) is 5.32 Å². The molecule has 19 heavy (non-hydrogen) atoms. The first-order chi connectivity index (χ1) is 8.99. The number of hydrogen-bond donors (Lipinski definition) is 4. The van der Waals surface area contributed by atoms with E-state index in [2.05, 4.69) is 9.97 Å².